The van der Waals surface area contributed by atoms with Crippen LogP contribution in [0.2, 0.25) is 0 Å². The summed E-state index contributed by atoms with van der Waals surface area (Å²) in [6, 6.07) is 5.16. The average Bonchev–Trinajstić information content (AvgIpc) is 3.15. The summed E-state index contributed by atoms with van der Waals surface area (Å²) in [6.45, 7) is 4.70. The van der Waals surface area contributed by atoms with Gasteiger partial charge in [0.2, 0.25) is 5.91 Å². The molecular formula is C24H34N2O3. The van der Waals surface area contributed by atoms with E-state index in [9.17, 15) is 14.7 Å². The van der Waals surface area contributed by atoms with Crippen LogP contribution in [-0.2, 0) is 4.79 Å². The van der Waals surface area contributed by atoms with Crippen LogP contribution in [0.1, 0.15) is 73.7 Å². The normalized spacial score (nSPS) is 25.8. The molecule has 1 saturated carbocycles. The molecule has 3 aliphatic rings. The summed E-state index contributed by atoms with van der Waals surface area (Å²) in [5.74, 6) is 0.898. The van der Waals surface area contributed by atoms with Gasteiger partial charge in [-0.2, -0.15) is 0 Å². The number of hydrogen-bond donors (Lipinski definition) is 1. The maximum atomic E-state index is 13.4. The third-order valence-corrected chi connectivity index (χ3v) is 7.38. The van der Waals surface area contributed by atoms with Gasteiger partial charge >= 0.3 is 0 Å². The number of amides is 2. The van der Waals surface area contributed by atoms with Gasteiger partial charge in [-0.05, 0) is 56.2 Å². The Morgan fingerprint density at radius 1 is 1.14 bits per heavy atom. The van der Waals surface area contributed by atoms with Crippen molar-refractivity contribution in [3.63, 3.8) is 0 Å². The van der Waals surface area contributed by atoms with Crippen molar-refractivity contribution in [3.05, 3.63) is 29.3 Å². The van der Waals surface area contributed by atoms with Crippen molar-refractivity contribution >= 4 is 11.8 Å². The van der Waals surface area contributed by atoms with Crippen LogP contribution in [0.15, 0.2) is 18.2 Å². The Hall–Kier alpha value is -2.04. The summed E-state index contributed by atoms with van der Waals surface area (Å²) >= 11 is 0. The molecule has 3 fully saturated rings. The number of carbonyl (C=O) groups excluding carboxylic acids is 2. The van der Waals surface area contributed by atoms with E-state index in [-0.39, 0.29) is 17.6 Å². The number of likely N-dealkylation sites (tertiary alicyclic amines) is 2. The van der Waals surface area contributed by atoms with Gasteiger partial charge in [-0.3, -0.25) is 9.59 Å². The van der Waals surface area contributed by atoms with E-state index in [4.69, 9.17) is 0 Å². The van der Waals surface area contributed by atoms with Crippen LogP contribution in [-0.4, -0.2) is 52.9 Å². The van der Waals surface area contributed by atoms with E-state index in [0.717, 1.165) is 50.3 Å². The first-order valence-corrected chi connectivity index (χ1v) is 11.4. The van der Waals surface area contributed by atoms with Crippen molar-refractivity contribution in [2.24, 2.45) is 11.3 Å². The molecule has 5 nitrogen and oxygen atoms in total. The van der Waals surface area contributed by atoms with Crippen LogP contribution < -0.4 is 0 Å². The van der Waals surface area contributed by atoms with E-state index < -0.39 is 5.41 Å². The minimum atomic E-state index is -0.416. The first-order valence-electron chi connectivity index (χ1n) is 11.4. The van der Waals surface area contributed by atoms with Crippen molar-refractivity contribution in [2.75, 3.05) is 26.2 Å². The molecule has 2 aliphatic heterocycles. The Kier molecular flexibility index (Phi) is 5.84. The van der Waals surface area contributed by atoms with Crippen LogP contribution in [0.4, 0.5) is 0 Å². The number of rotatable bonds is 4. The second-order valence-corrected chi connectivity index (χ2v) is 9.47. The number of nitrogens with zero attached hydrogens (tertiary/aromatic N) is 2. The van der Waals surface area contributed by atoms with Gasteiger partial charge in [0.1, 0.15) is 5.75 Å². The van der Waals surface area contributed by atoms with Crippen molar-refractivity contribution < 1.29 is 14.7 Å². The Morgan fingerprint density at radius 3 is 2.69 bits per heavy atom. The molecule has 1 aliphatic carbocycles. The van der Waals surface area contributed by atoms with Crippen molar-refractivity contribution in [1.82, 2.24) is 9.80 Å². The predicted molar refractivity (Wildman–Crippen MR) is 113 cm³/mol. The molecule has 29 heavy (non-hydrogen) atoms. The van der Waals surface area contributed by atoms with E-state index >= 15 is 0 Å². The zero-order chi connectivity index (χ0) is 20.4. The monoisotopic (exact) mass is 398 g/mol. The maximum Gasteiger partial charge on any atom is 0.257 e. The number of benzene rings is 1. The number of phenolic OH excluding ortho intramolecular Hbond substituents is 1. The Bertz CT molecular complexity index is 771. The molecule has 2 heterocycles. The minimum absolute atomic E-state index is 0.0278. The summed E-state index contributed by atoms with van der Waals surface area (Å²) in [6.07, 6.45) is 10.4. The average molecular weight is 399 g/mol. The lowest BCUT2D eigenvalue weighted by Crippen LogP contribution is -2.50. The molecule has 0 bridgehead atoms. The zero-order valence-corrected chi connectivity index (χ0v) is 17.7. The van der Waals surface area contributed by atoms with Gasteiger partial charge < -0.3 is 14.9 Å². The summed E-state index contributed by atoms with van der Waals surface area (Å²) in [4.78, 5) is 30.2. The Balaban J connectivity index is 1.40. The first-order chi connectivity index (χ1) is 14.0. The van der Waals surface area contributed by atoms with Crippen molar-refractivity contribution in [3.8, 4) is 5.75 Å². The third kappa shape index (κ3) is 4.15. The molecule has 158 valence electrons. The molecule has 1 N–H and O–H groups in total. The highest BCUT2D eigenvalue weighted by molar-refractivity contribution is 5.98. The molecule has 1 aromatic rings. The second kappa shape index (κ2) is 8.37. The van der Waals surface area contributed by atoms with Gasteiger partial charge in [-0.15, -0.1) is 0 Å². The van der Waals surface area contributed by atoms with E-state index in [1.54, 1.807) is 17.0 Å². The highest BCUT2D eigenvalue weighted by atomic mass is 16.3. The number of phenols is 1. The number of aromatic hydroxyl groups is 1. The van der Waals surface area contributed by atoms with E-state index in [2.05, 4.69) is 4.90 Å². The largest absolute Gasteiger partial charge is 0.507 e. The van der Waals surface area contributed by atoms with Crippen LogP contribution in [0.5, 0.6) is 5.75 Å². The fraction of sp³-hybridized carbons (Fsp3) is 0.667. The molecule has 1 spiro atoms. The van der Waals surface area contributed by atoms with Gasteiger partial charge in [0.05, 0.1) is 11.0 Å². The standard InChI is InChI=1S/C24H34N2O3/c1-18-8-9-20(21(27)16-18)22(28)26-15-12-24(17-26)11-5-13-25(23(24)29)14-10-19-6-3-2-4-7-19/h8-9,16,19,27H,2-7,10-15,17H2,1H3/t24-/m0/s1. The topological polar surface area (TPSA) is 60.9 Å². The SMILES string of the molecule is Cc1ccc(C(=O)N2CC[C@@]3(CCCN(CCC4CCCCC4)C3=O)C2)c(O)c1. The van der Waals surface area contributed by atoms with Gasteiger partial charge in [0.25, 0.3) is 5.91 Å². The number of hydrogen-bond acceptors (Lipinski definition) is 3. The summed E-state index contributed by atoms with van der Waals surface area (Å²) < 4.78 is 0. The lowest BCUT2D eigenvalue weighted by atomic mass is 9.78. The highest BCUT2D eigenvalue weighted by Gasteiger charge is 2.49. The molecule has 0 radical (unpaired) electrons. The maximum absolute atomic E-state index is 13.4. The van der Waals surface area contributed by atoms with Crippen molar-refractivity contribution in [2.45, 2.75) is 64.7 Å². The second-order valence-electron chi connectivity index (χ2n) is 9.47. The fourth-order valence-corrected chi connectivity index (χ4v) is 5.60. The minimum Gasteiger partial charge on any atom is -0.507 e. The molecule has 1 atom stereocenters. The number of carbonyl (C=O) groups is 2. The molecule has 0 aromatic heterocycles. The van der Waals surface area contributed by atoms with Crippen LogP contribution in [0.25, 0.3) is 0 Å². The molecule has 5 heteroatoms. The van der Waals surface area contributed by atoms with Gasteiger partial charge in [-0.1, -0.05) is 38.2 Å². The summed E-state index contributed by atoms with van der Waals surface area (Å²) in [7, 11) is 0. The summed E-state index contributed by atoms with van der Waals surface area (Å²) in [5.41, 5.74) is 0.846. The lowest BCUT2D eigenvalue weighted by Gasteiger charge is -2.40. The lowest BCUT2D eigenvalue weighted by molar-refractivity contribution is -0.145. The van der Waals surface area contributed by atoms with Gasteiger partial charge in [0.15, 0.2) is 0 Å². The molecule has 1 aromatic carbocycles. The van der Waals surface area contributed by atoms with Crippen molar-refractivity contribution in [1.29, 1.82) is 0 Å². The first kappa shape index (κ1) is 20.2. The molecule has 2 saturated heterocycles. The Morgan fingerprint density at radius 2 is 1.93 bits per heavy atom. The van der Waals surface area contributed by atoms with Gasteiger partial charge in [-0.25, -0.2) is 0 Å². The zero-order valence-electron chi connectivity index (χ0n) is 17.7. The smallest absolute Gasteiger partial charge is 0.257 e. The van der Waals surface area contributed by atoms with E-state index in [1.165, 1.54) is 32.1 Å². The molecule has 2 amide bonds. The van der Waals surface area contributed by atoms with Gasteiger partial charge in [0, 0.05) is 26.2 Å². The fourth-order valence-electron chi connectivity index (χ4n) is 5.60. The molecular weight excluding hydrogens is 364 g/mol. The third-order valence-electron chi connectivity index (χ3n) is 7.38. The number of piperidine rings is 1. The highest BCUT2D eigenvalue weighted by Crippen LogP contribution is 2.41. The Labute approximate surface area is 174 Å². The summed E-state index contributed by atoms with van der Waals surface area (Å²) in [5, 5.41) is 10.2. The van der Waals surface area contributed by atoms with E-state index in [0.29, 0.717) is 18.7 Å². The van der Waals surface area contributed by atoms with Crippen LogP contribution in [0.3, 0.4) is 0 Å². The number of aryl methyl sites for hydroxylation is 1. The van der Waals surface area contributed by atoms with Crippen LogP contribution >= 0.6 is 0 Å². The predicted octanol–water partition coefficient (Wildman–Crippen LogP) is 4.13. The molecule has 4 rings (SSSR count). The quantitative estimate of drug-likeness (QED) is 0.830. The van der Waals surface area contributed by atoms with E-state index in [1.807, 2.05) is 13.0 Å². The van der Waals surface area contributed by atoms with Crippen LogP contribution in [0, 0.1) is 18.3 Å². The molecule has 0 unspecified atom stereocenters.